The fraction of sp³-hybridized carbons (Fsp3) is 0.312. The van der Waals surface area contributed by atoms with Crippen LogP contribution < -0.4 is 15.4 Å². The monoisotopic (exact) mass is 373 g/mol. The number of halogens is 3. The van der Waals surface area contributed by atoms with Crippen molar-refractivity contribution in [2.45, 2.75) is 12.4 Å². The summed E-state index contributed by atoms with van der Waals surface area (Å²) in [5.41, 5.74) is -0.0603. The van der Waals surface area contributed by atoms with E-state index in [0.717, 1.165) is 10.9 Å². The number of nitrogens with zero attached hydrogens (tertiary/aromatic N) is 1. The lowest BCUT2D eigenvalue weighted by molar-refractivity contribution is -0.274. The molecule has 0 fully saturated rings. The van der Waals surface area contributed by atoms with Gasteiger partial charge in [0.05, 0.1) is 11.7 Å². The molecule has 0 unspecified atom stereocenters. The highest BCUT2D eigenvalue weighted by Gasteiger charge is 2.32. The molecule has 0 saturated heterocycles. The number of urea groups is 1. The Kier molecular flexibility index (Phi) is 6.27. The van der Waals surface area contributed by atoms with Crippen LogP contribution in [0.2, 0.25) is 0 Å². The molecule has 0 spiro atoms. The molecular formula is C16H18F3N3O2S. The molecule has 0 saturated carbocycles. The Labute approximate surface area is 147 Å². The van der Waals surface area contributed by atoms with E-state index in [1.54, 1.807) is 11.3 Å². The second-order valence-electron chi connectivity index (χ2n) is 5.37. The predicted molar refractivity (Wildman–Crippen MR) is 90.9 cm³/mol. The molecule has 2 N–H and O–H groups in total. The van der Waals surface area contributed by atoms with E-state index in [0.29, 0.717) is 6.54 Å². The molecule has 1 aromatic carbocycles. The second-order valence-corrected chi connectivity index (χ2v) is 6.35. The van der Waals surface area contributed by atoms with E-state index in [-0.39, 0.29) is 11.7 Å². The van der Waals surface area contributed by atoms with Crippen molar-refractivity contribution >= 4 is 23.1 Å². The van der Waals surface area contributed by atoms with Crippen molar-refractivity contribution in [3.05, 3.63) is 46.7 Å². The van der Waals surface area contributed by atoms with Gasteiger partial charge in [-0.1, -0.05) is 18.2 Å². The minimum absolute atomic E-state index is 0.0348. The summed E-state index contributed by atoms with van der Waals surface area (Å²) >= 11 is 1.57. The molecule has 0 bridgehead atoms. The third-order valence-electron chi connectivity index (χ3n) is 3.31. The lowest BCUT2D eigenvalue weighted by Crippen LogP contribution is -2.36. The molecular weight excluding hydrogens is 355 g/mol. The molecule has 0 aliphatic rings. The number of amides is 2. The number of carbonyl (C=O) groups excluding carboxylic acids is 1. The lowest BCUT2D eigenvalue weighted by Gasteiger charge is -2.23. The number of thiophene rings is 1. The number of hydrogen-bond acceptors (Lipinski definition) is 4. The van der Waals surface area contributed by atoms with Crippen molar-refractivity contribution in [3.8, 4) is 5.75 Å². The molecule has 2 aromatic rings. The maximum Gasteiger partial charge on any atom is 0.573 e. The van der Waals surface area contributed by atoms with E-state index in [1.807, 2.05) is 36.5 Å². The number of likely N-dealkylation sites (N-methyl/N-ethyl adjacent to an activating group) is 1. The number of alkyl halides is 3. The van der Waals surface area contributed by atoms with Gasteiger partial charge in [-0.25, -0.2) is 4.79 Å². The Morgan fingerprint density at radius 3 is 2.56 bits per heavy atom. The number of hydrogen-bond donors (Lipinski definition) is 2. The smallest absolute Gasteiger partial charge is 0.404 e. The number of anilines is 1. The summed E-state index contributed by atoms with van der Waals surface area (Å²) in [6.07, 6.45) is -4.83. The molecule has 9 heteroatoms. The van der Waals surface area contributed by atoms with Gasteiger partial charge in [0.25, 0.3) is 0 Å². The van der Waals surface area contributed by atoms with Gasteiger partial charge in [0.1, 0.15) is 0 Å². The van der Waals surface area contributed by atoms with Gasteiger partial charge in [0, 0.05) is 11.4 Å². The highest BCUT2D eigenvalue weighted by Crippen LogP contribution is 2.30. The second kappa shape index (κ2) is 8.21. The van der Waals surface area contributed by atoms with Crippen molar-refractivity contribution in [2.75, 3.05) is 26.0 Å². The first-order chi connectivity index (χ1) is 11.8. The van der Waals surface area contributed by atoms with Crippen LogP contribution in [0, 0.1) is 0 Å². The van der Waals surface area contributed by atoms with Crippen molar-refractivity contribution in [2.24, 2.45) is 0 Å². The fourth-order valence-corrected chi connectivity index (χ4v) is 3.08. The van der Waals surface area contributed by atoms with E-state index < -0.39 is 18.1 Å². The minimum Gasteiger partial charge on any atom is -0.404 e. The van der Waals surface area contributed by atoms with Gasteiger partial charge in [-0.2, -0.15) is 0 Å². The van der Waals surface area contributed by atoms with Crippen molar-refractivity contribution < 1.29 is 22.7 Å². The molecule has 2 rings (SSSR count). The third-order valence-corrected chi connectivity index (χ3v) is 4.29. The van der Waals surface area contributed by atoms with Crippen LogP contribution in [0.1, 0.15) is 10.9 Å². The molecule has 1 aromatic heterocycles. The van der Waals surface area contributed by atoms with Crippen LogP contribution in [0.3, 0.4) is 0 Å². The van der Waals surface area contributed by atoms with Gasteiger partial charge < -0.3 is 20.3 Å². The normalized spacial score (nSPS) is 12.7. The van der Waals surface area contributed by atoms with Gasteiger partial charge in [-0.15, -0.1) is 24.5 Å². The lowest BCUT2D eigenvalue weighted by atomic mass is 10.2. The quantitative estimate of drug-likeness (QED) is 0.803. The van der Waals surface area contributed by atoms with E-state index in [4.69, 9.17) is 0 Å². The Bertz CT molecular complexity index is 690. The summed E-state index contributed by atoms with van der Waals surface area (Å²) in [4.78, 5) is 15.1. The zero-order chi connectivity index (χ0) is 18.4. The largest absolute Gasteiger partial charge is 0.573 e. The average molecular weight is 373 g/mol. The third kappa shape index (κ3) is 5.95. The molecule has 5 nitrogen and oxygen atoms in total. The van der Waals surface area contributed by atoms with Crippen LogP contribution in [0.25, 0.3) is 0 Å². The number of rotatable bonds is 6. The predicted octanol–water partition coefficient (Wildman–Crippen LogP) is 4.07. The van der Waals surface area contributed by atoms with Crippen LogP contribution in [0.4, 0.5) is 23.7 Å². The van der Waals surface area contributed by atoms with Crippen LogP contribution in [0.15, 0.2) is 41.8 Å². The highest BCUT2D eigenvalue weighted by atomic mass is 32.1. The Morgan fingerprint density at radius 1 is 1.24 bits per heavy atom. The van der Waals surface area contributed by atoms with E-state index >= 15 is 0 Å². The molecule has 1 atom stereocenters. The van der Waals surface area contributed by atoms with Gasteiger partial charge in [0.2, 0.25) is 0 Å². The summed E-state index contributed by atoms with van der Waals surface area (Å²) in [7, 11) is 3.77. The zero-order valence-electron chi connectivity index (χ0n) is 13.6. The van der Waals surface area contributed by atoms with Gasteiger partial charge in [0.15, 0.2) is 5.75 Å². The summed E-state index contributed by atoms with van der Waals surface area (Å²) < 4.78 is 41.1. The number of ether oxygens (including phenoxy) is 1. The zero-order valence-corrected chi connectivity index (χ0v) is 14.4. The van der Waals surface area contributed by atoms with Crippen molar-refractivity contribution in [3.63, 3.8) is 0 Å². The maximum absolute atomic E-state index is 12.4. The van der Waals surface area contributed by atoms with E-state index in [2.05, 4.69) is 15.4 Å². The Balaban J connectivity index is 1.98. The number of para-hydroxylation sites is 2. The standard InChI is InChI=1S/C16H18F3N3O2S/c1-22(2)12(14-8-5-9-25-14)10-20-15(23)21-11-6-3-4-7-13(11)24-16(17,18)19/h3-9,12H,10H2,1-2H3,(H2,20,21,23)/t12-/m0/s1. The first-order valence-electron chi connectivity index (χ1n) is 7.35. The minimum atomic E-state index is -4.83. The molecule has 2 amide bonds. The highest BCUT2D eigenvalue weighted by molar-refractivity contribution is 7.10. The van der Waals surface area contributed by atoms with Gasteiger partial charge in [-0.3, -0.25) is 0 Å². The average Bonchev–Trinajstić information content (AvgIpc) is 3.02. The topological polar surface area (TPSA) is 53.6 Å². The van der Waals surface area contributed by atoms with Gasteiger partial charge >= 0.3 is 12.4 Å². The molecule has 136 valence electrons. The SMILES string of the molecule is CN(C)[C@@H](CNC(=O)Nc1ccccc1OC(F)(F)F)c1cccs1. The first-order valence-corrected chi connectivity index (χ1v) is 8.23. The maximum atomic E-state index is 12.4. The van der Waals surface area contributed by atoms with Crippen LogP contribution >= 0.6 is 11.3 Å². The molecule has 0 aliphatic carbocycles. The molecule has 0 aliphatic heterocycles. The van der Waals surface area contributed by atoms with Gasteiger partial charge in [-0.05, 0) is 37.7 Å². The summed E-state index contributed by atoms with van der Waals surface area (Å²) in [5, 5.41) is 6.99. The molecule has 0 radical (unpaired) electrons. The Hall–Kier alpha value is -2.26. The summed E-state index contributed by atoms with van der Waals surface area (Å²) in [6, 6.07) is 8.61. The molecule has 1 heterocycles. The summed E-state index contributed by atoms with van der Waals surface area (Å²) in [5.74, 6) is -0.465. The van der Waals surface area contributed by atoms with E-state index in [9.17, 15) is 18.0 Å². The summed E-state index contributed by atoms with van der Waals surface area (Å²) in [6.45, 7) is 0.307. The number of carbonyl (C=O) groups is 1. The van der Waals surface area contributed by atoms with Crippen LogP contribution in [-0.4, -0.2) is 37.9 Å². The van der Waals surface area contributed by atoms with Crippen molar-refractivity contribution in [1.82, 2.24) is 10.2 Å². The number of nitrogens with one attached hydrogen (secondary N) is 2. The van der Waals surface area contributed by atoms with Crippen LogP contribution in [0.5, 0.6) is 5.75 Å². The number of benzene rings is 1. The fourth-order valence-electron chi connectivity index (χ4n) is 2.16. The molecule has 25 heavy (non-hydrogen) atoms. The van der Waals surface area contributed by atoms with Crippen LogP contribution in [-0.2, 0) is 0 Å². The van der Waals surface area contributed by atoms with Crippen molar-refractivity contribution in [1.29, 1.82) is 0 Å². The first kappa shape index (κ1) is 19.1. The Morgan fingerprint density at radius 2 is 1.96 bits per heavy atom. The van der Waals surface area contributed by atoms with E-state index in [1.165, 1.54) is 18.2 Å².